The second-order valence-electron chi connectivity index (χ2n) is 8.56. The molecule has 5 nitrogen and oxygen atoms in total. The zero-order valence-corrected chi connectivity index (χ0v) is 18.6. The smallest absolute Gasteiger partial charge is 0.222 e. The number of hydrogen-bond donors (Lipinski definition) is 1. The number of likely N-dealkylation sites (tertiary alicyclic amines) is 1. The summed E-state index contributed by atoms with van der Waals surface area (Å²) < 4.78 is 2.08. The Morgan fingerprint density at radius 2 is 1.83 bits per heavy atom. The third-order valence-corrected chi connectivity index (χ3v) is 6.45. The first-order chi connectivity index (χ1) is 13.5. The van der Waals surface area contributed by atoms with E-state index in [0.717, 1.165) is 38.2 Å². The highest BCUT2D eigenvalue weighted by atomic mass is 35.5. The number of aryl methyl sites for hydroxylation is 2. The summed E-state index contributed by atoms with van der Waals surface area (Å²) in [7, 11) is 0. The first-order valence-corrected chi connectivity index (χ1v) is 10.6. The lowest BCUT2D eigenvalue weighted by Crippen LogP contribution is -2.39. The number of carbonyl (C=O) groups is 1. The summed E-state index contributed by atoms with van der Waals surface area (Å²) >= 11 is 0. The molecule has 2 unspecified atom stereocenters. The molecule has 0 spiro atoms. The quantitative estimate of drug-likeness (QED) is 0.810. The second-order valence-corrected chi connectivity index (χ2v) is 8.56. The third-order valence-electron chi connectivity index (χ3n) is 6.45. The number of carbonyl (C=O) groups excluding carboxylic acids is 1. The van der Waals surface area contributed by atoms with Gasteiger partial charge in [0.25, 0.3) is 0 Å². The monoisotopic (exact) mass is 416 g/mol. The van der Waals surface area contributed by atoms with E-state index >= 15 is 0 Å². The molecule has 0 saturated carbocycles. The largest absolute Gasteiger partial charge is 0.341 e. The van der Waals surface area contributed by atoms with Gasteiger partial charge in [-0.3, -0.25) is 9.48 Å². The average Bonchev–Trinajstić information content (AvgIpc) is 3.13. The Bertz CT molecular complexity index is 845. The molecular weight excluding hydrogens is 384 g/mol. The molecular formula is C23H33ClN4O. The normalized spacial score (nSPS) is 21.0. The lowest BCUT2D eigenvalue weighted by molar-refractivity contribution is -0.131. The maximum absolute atomic E-state index is 12.8. The molecule has 1 aromatic carbocycles. The Morgan fingerprint density at radius 1 is 1.10 bits per heavy atom. The van der Waals surface area contributed by atoms with Gasteiger partial charge in [0.1, 0.15) is 0 Å². The van der Waals surface area contributed by atoms with Gasteiger partial charge < -0.3 is 10.2 Å². The zero-order valence-electron chi connectivity index (χ0n) is 17.8. The highest BCUT2D eigenvalue weighted by Gasteiger charge is 2.31. The lowest BCUT2D eigenvalue weighted by Gasteiger charge is -2.24. The van der Waals surface area contributed by atoms with Crippen LogP contribution in [-0.2, 0) is 17.8 Å². The summed E-state index contributed by atoms with van der Waals surface area (Å²) in [6, 6.07) is 9.73. The molecule has 0 radical (unpaired) electrons. The van der Waals surface area contributed by atoms with Crippen molar-refractivity contribution in [2.24, 2.45) is 0 Å². The van der Waals surface area contributed by atoms with Crippen LogP contribution in [0.5, 0.6) is 0 Å². The first-order valence-electron chi connectivity index (χ1n) is 10.6. The van der Waals surface area contributed by atoms with Gasteiger partial charge in [-0.25, -0.2) is 0 Å². The maximum Gasteiger partial charge on any atom is 0.222 e. The Kier molecular flexibility index (Phi) is 7.01. The Balaban J connectivity index is 0.00000240. The molecule has 2 bridgehead atoms. The van der Waals surface area contributed by atoms with Gasteiger partial charge in [-0.05, 0) is 57.6 Å². The van der Waals surface area contributed by atoms with Crippen molar-refractivity contribution in [2.75, 3.05) is 13.1 Å². The fraction of sp³-hybridized carbons (Fsp3) is 0.565. The highest BCUT2D eigenvalue weighted by molar-refractivity contribution is 5.85. The van der Waals surface area contributed by atoms with Crippen LogP contribution in [0.4, 0.5) is 0 Å². The van der Waals surface area contributed by atoms with E-state index in [9.17, 15) is 4.79 Å². The number of amides is 1. The molecule has 2 saturated heterocycles. The van der Waals surface area contributed by atoms with Crippen LogP contribution in [0.2, 0.25) is 0 Å². The first kappa shape index (κ1) is 21.8. The molecule has 1 N–H and O–H groups in total. The molecule has 0 aliphatic carbocycles. The van der Waals surface area contributed by atoms with Crippen LogP contribution in [0.25, 0.3) is 0 Å². The van der Waals surface area contributed by atoms with Crippen molar-refractivity contribution in [3.63, 3.8) is 0 Å². The molecule has 1 amide bonds. The maximum atomic E-state index is 12.8. The van der Waals surface area contributed by atoms with Crippen LogP contribution in [0.3, 0.4) is 0 Å². The number of nitrogens with one attached hydrogen (secondary N) is 1. The molecule has 158 valence electrons. The van der Waals surface area contributed by atoms with Crippen molar-refractivity contribution in [3.8, 4) is 0 Å². The zero-order chi connectivity index (χ0) is 19.7. The van der Waals surface area contributed by atoms with E-state index in [2.05, 4.69) is 59.9 Å². The standard InChI is InChI=1S/C23H32N4O.ClH/c1-16-4-6-19(7-5-16)14-27-18(3)22(17(2)25-27)10-11-23(28)26-13-12-20-8-9-21(15-26)24-20;/h4-7,20-21,24H,8-15H2,1-3H3;1H. The fourth-order valence-corrected chi connectivity index (χ4v) is 4.68. The Hall–Kier alpha value is -1.85. The number of rotatable bonds is 5. The van der Waals surface area contributed by atoms with Crippen molar-refractivity contribution in [1.82, 2.24) is 20.0 Å². The van der Waals surface area contributed by atoms with Crippen LogP contribution in [-0.4, -0.2) is 45.8 Å². The molecule has 1 aromatic heterocycles. The molecule has 2 aromatic rings. The van der Waals surface area contributed by atoms with Crippen molar-refractivity contribution in [1.29, 1.82) is 0 Å². The molecule has 2 atom stereocenters. The fourth-order valence-electron chi connectivity index (χ4n) is 4.68. The van der Waals surface area contributed by atoms with Crippen LogP contribution in [0, 0.1) is 20.8 Å². The van der Waals surface area contributed by atoms with E-state index in [-0.39, 0.29) is 12.4 Å². The summed E-state index contributed by atoms with van der Waals surface area (Å²) in [5, 5.41) is 8.40. The van der Waals surface area contributed by atoms with Crippen LogP contribution < -0.4 is 5.32 Å². The summed E-state index contributed by atoms with van der Waals surface area (Å²) in [5.41, 5.74) is 5.99. The molecule has 6 heteroatoms. The minimum absolute atomic E-state index is 0. The van der Waals surface area contributed by atoms with Crippen molar-refractivity contribution in [3.05, 3.63) is 52.3 Å². The van der Waals surface area contributed by atoms with Crippen molar-refractivity contribution < 1.29 is 4.79 Å². The second kappa shape index (κ2) is 9.31. The highest BCUT2D eigenvalue weighted by Crippen LogP contribution is 2.22. The number of halogens is 1. The lowest BCUT2D eigenvalue weighted by atomic mass is 10.1. The topological polar surface area (TPSA) is 50.2 Å². The van der Waals surface area contributed by atoms with Gasteiger partial charge >= 0.3 is 0 Å². The number of aromatic nitrogens is 2. The summed E-state index contributed by atoms with van der Waals surface area (Å²) in [4.78, 5) is 14.9. The van der Waals surface area contributed by atoms with Crippen LogP contribution in [0.1, 0.15) is 53.8 Å². The molecule has 29 heavy (non-hydrogen) atoms. The summed E-state index contributed by atoms with van der Waals surface area (Å²) in [6.07, 6.45) is 4.93. The van der Waals surface area contributed by atoms with Gasteiger partial charge in [0.2, 0.25) is 5.91 Å². The molecule has 3 heterocycles. The van der Waals surface area contributed by atoms with E-state index in [4.69, 9.17) is 5.10 Å². The minimum atomic E-state index is 0. The molecule has 2 aliphatic heterocycles. The number of hydrogen-bond acceptors (Lipinski definition) is 3. The van der Waals surface area contributed by atoms with Gasteiger partial charge in [-0.1, -0.05) is 29.8 Å². The Labute approximate surface area is 180 Å². The molecule has 4 rings (SSSR count). The van der Waals surface area contributed by atoms with E-state index < -0.39 is 0 Å². The van der Waals surface area contributed by atoms with E-state index in [1.165, 1.54) is 35.2 Å². The van der Waals surface area contributed by atoms with Gasteiger partial charge in [0.05, 0.1) is 12.2 Å². The van der Waals surface area contributed by atoms with Gasteiger partial charge in [0.15, 0.2) is 0 Å². The van der Waals surface area contributed by atoms with Gasteiger partial charge in [-0.15, -0.1) is 12.4 Å². The van der Waals surface area contributed by atoms with Crippen molar-refractivity contribution >= 4 is 18.3 Å². The number of nitrogens with zero attached hydrogens (tertiary/aromatic N) is 3. The van der Waals surface area contributed by atoms with Gasteiger partial charge in [-0.2, -0.15) is 5.10 Å². The number of fused-ring (bicyclic) bond motifs is 2. The predicted molar refractivity (Wildman–Crippen MR) is 119 cm³/mol. The average molecular weight is 417 g/mol. The minimum Gasteiger partial charge on any atom is -0.341 e. The predicted octanol–water partition coefficient (Wildman–Crippen LogP) is 3.56. The van der Waals surface area contributed by atoms with E-state index in [0.29, 0.717) is 24.4 Å². The Morgan fingerprint density at radius 3 is 2.59 bits per heavy atom. The third kappa shape index (κ3) is 5.01. The van der Waals surface area contributed by atoms with E-state index in [1.54, 1.807) is 0 Å². The number of benzene rings is 1. The molecule has 2 fully saturated rings. The molecule has 2 aliphatic rings. The van der Waals surface area contributed by atoms with E-state index in [1.807, 2.05) is 0 Å². The summed E-state index contributed by atoms with van der Waals surface area (Å²) in [5.74, 6) is 0.291. The SMILES string of the molecule is Cc1ccc(Cn2nc(C)c(CCC(=O)N3CCC4CCC(C3)N4)c2C)cc1.Cl. The van der Waals surface area contributed by atoms with Gasteiger partial charge in [0, 0.05) is 37.3 Å². The summed E-state index contributed by atoms with van der Waals surface area (Å²) in [6.45, 7) is 8.85. The van der Waals surface area contributed by atoms with Crippen LogP contribution in [0.15, 0.2) is 24.3 Å². The van der Waals surface area contributed by atoms with Crippen molar-refractivity contribution in [2.45, 2.75) is 71.5 Å². The van der Waals surface area contributed by atoms with Crippen LogP contribution >= 0.6 is 12.4 Å².